The van der Waals surface area contributed by atoms with E-state index in [1.165, 1.54) is 0 Å². The lowest BCUT2D eigenvalue weighted by atomic mass is 10.3. The number of nitrogens with zero attached hydrogens (tertiary/aromatic N) is 1. The van der Waals surface area contributed by atoms with E-state index in [2.05, 4.69) is 5.32 Å². The number of hydrogen-bond acceptors (Lipinski definition) is 3. The van der Waals surface area contributed by atoms with Crippen LogP contribution < -0.4 is 11.1 Å². The maximum absolute atomic E-state index is 12.0. The minimum absolute atomic E-state index is 0.0873. The fraction of sp³-hybridized carbons (Fsp3) is 0.417. The number of nitrogens with two attached hydrogens (primary N) is 1. The van der Waals surface area contributed by atoms with Crippen molar-refractivity contribution in [2.45, 2.75) is 6.10 Å². The summed E-state index contributed by atoms with van der Waals surface area (Å²) in [6.45, 7) is 1.99. The van der Waals surface area contributed by atoms with Crippen LogP contribution in [0.1, 0.15) is 0 Å². The third kappa shape index (κ3) is 3.13. The number of ether oxygens (including phenoxy) is 1. The molecule has 98 valence electrons. The van der Waals surface area contributed by atoms with Gasteiger partial charge in [-0.3, -0.25) is 0 Å². The standard InChI is InChI=1S/C12H16ClN3O2/c13-10-3-1-2-4-11(10)15-12(17)16-5-6-18-9(7-14)8-16/h1-4,9H,5-8,14H2,(H,15,17). The number of carbonyl (C=O) groups is 1. The summed E-state index contributed by atoms with van der Waals surface area (Å²) in [5.74, 6) is 0. The van der Waals surface area contributed by atoms with E-state index in [0.717, 1.165) is 0 Å². The molecule has 5 nitrogen and oxygen atoms in total. The van der Waals surface area contributed by atoms with Crippen LogP contribution in [0.25, 0.3) is 0 Å². The van der Waals surface area contributed by atoms with Gasteiger partial charge in [-0.2, -0.15) is 0 Å². The van der Waals surface area contributed by atoms with E-state index in [9.17, 15) is 4.79 Å². The molecule has 18 heavy (non-hydrogen) atoms. The van der Waals surface area contributed by atoms with E-state index >= 15 is 0 Å². The number of anilines is 1. The Morgan fingerprint density at radius 2 is 2.33 bits per heavy atom. The maximum Gasteiger partial charge on any atom is 0.322 e. The summed E-state index contributed by atoms with van der Waals surface area (Å²) in [6, 6.07) is 6.96. The first-order chi connectivity index (χ1) is 8.70. The van der Waals surface area contributed by atoms with E-state index < -0.39 is 0 Å². The molecule has 0 spiro atoms. The molecule has 0 bridgehead atoms. The quantitative estimate of drug-likeness (QED) is 0.856. The number of halogens is 1. The molecule has 6 heteroatoms. The second-order valence-electron chi connectivity index (χ2n) is 4.08. The second kappa shape index (κ2) is 6.04. The van der Waals surface area contributed by atoms with Crippen LogP contribution in [0.3, 0.4) is 0 Å². The molecule has 1 saturated heterocycles. The molecule has 0 radical (unpaired) electrons. The van der Waals surface area contributed by atoms with Crippen LogP contribution in [0.2, 0.25) is 5.02 Å². The van der Waals surface area contributed by atoms with Crippen molar-refractivity contribution < 1.29 is 9.53 Å². The van der Waals surface area contributed by atoms with Crippen LogP contribution in [0, 0.1) is 0 Å². The van der Waals surface area contributed by atoms with E-state index in [4.69, 9.17) is 22.1 Å². The molecule has 1 atom stereocenters. The smallest absolute Gasteiger partial charge is 0.322 e. The minimum Gasteiger partial charge on any atom is -0.373 e. The van der Waals surface area contributed by atoms with Crippen LogP contribution in [0.4, 0.5) is 10.5 Å². The van der Waals surface area contributed by atoms with Gasteiger partial charge in [-0.1, -0.05) is 23.7 Å². The molecule has 1 heterocycles. The predicted molar refractivity (Wildman–Crippen MR) is 70.8 cm³/mol. The van der Waals surface area contributed by atoms with Crippen molar-refractivity contribution in [2.75, 3.05) is 31.6 Å². The number of benzene rings is 1. The molecular weight excluding hydrogens is 254 g/mol. The minimum atomic E-state index is -0.176. The Bertz CT molecular complexity index is 428. The lowest BCUT2D eigenvalue weighted by Gasteiger charge is -2.32. The summed E-state index contributed by atoms with van der Waals surface area (Å²) in [4.78, 5) is 13.7. The Morgan fingerprint density at radius 3 is 3.06 bits per heavy atom. The third-order valence-electron chi connectivity index (χ3n) is 2.80. The van der Waals surface area contributed by atoms with E-state index in [0.29, 0.717) is 37.0 Å². The van der Waals surface area contributed by atoms with Gasteiger partial charge in [0, 0.05) is 19.6 Å². The Balaban J connectivity index is 1.97. The Morgan fingerprint density at radius 1 is 1.56 bits per heavy atom. The molecule has 1 aromatic rings. The Hall–Kier alpha value is -1.30. The van der Waals surface area contributed by atoms with Gasteiger partial charge in [0.2, 0.25) is 0 Å². The number of hydrogen-bond donors (Lipinski definition) is 2. The van der Waals surface area contributed by atoms with Gasteiger partial charge in [0.1, 0.15) is 0 Å². The molecule has 2 rings (SSSR count). The summed E-state index contributed by atoms with van der Waals surface area (Å²) in [7, 11) is 0. The fourth-order valence-corrected chi connectivity index (χ4v) is 1.99. The van der Waals surface area contributed by atoms with Crippen molar-refractivity contribution in [3.05, 3.63) is 29.3 Å². The van der Waals surface area contributed by atoms with E-state index in [1.54, 1.807) is 17.0 Å². The van der Waals surface area contributed by atoms with Crippen molar-refractivity contribution >= 4 is 23.3 Å². The van der Waals surface area contributed by atoms with Crippen molar-refractivity contribution in [1.29, 1.82) is 0 Å². The van der Waals surface area contributed by atoms with Gasteiger partial charge in [0.15, 0.2) is 0 Å². The maximum atomic E-state index is 12.0. The molecule has 1 aromatic carbocycles. The van der Waals surface area contributed by atoms with Gasteiger partial charge in [0.25, 0.3) is 0 Å². The number of carbonyl (C=O) groups excluding carboxylic acids is 1. The highest BCUT2D eigenvalue weighted by Gasteiger charge is 2.23. The molecule has 1 unspecified atom stereocenters. The summed E-state index contributed by atoms with van der Waals surface area (Å²) in [5, 5.41) is 3.31. The molecule has 1 aliphatic heterocycles. The number of amides is 2. The van der Waals surface area contributed by atoms with Crippen LogP contribution in [0.5, 0.6) is 0 Å². The van der Waals surface area contributed by atoms with Gasteiger partial charge in [-0.25, -0.2) is 4.79 Å². The number of urea groups is 1. The molecular formula is C12H16ClN3O2. The van der Waals surface area contributed by atoms with Crippen molar-refractivity contribution in [3.63, 3.8) is 0 Å². The number of para-hydroxylation sites is 1. The lowest BCUT2D eigenvalue weighted by molar-refractivity contribution is -0.00660. The largest absolute Gasteiger partial charge is 0.373 e. The fourth-order valence-electron chi connectivity index (χ4n) is 1.80. The zero-order chi connectivity index (χ0) is 13.0. The molecule has 0 aliphatic carbocycles. The first-order valence-electron chi connectivity index (χ1n) is 5.83. The number of nitrogens with one attached hydrogen (secondary N) is 1. The van der Waals surface area contributed by atoms with Crippen molar-refractivity contribution in [3.8, 4) is 0 Å². The normalized spacial score (nSPS) is 19.7. The van der Waals surface area contributed by atoms with Gasteiger partial charge in [-0.15, -0.1) is 0 Å². The van der Waals surface area contributed by atoms with E-state index in [1.807, 2.05) is 12.1 Å². The van der Waals surface area contributed by atoms with Gasteiger partial charge >= 0.3 is 6.03 Å². The summed E-state index contributed by atoms with van der Waals surface area (Å²) < 4.78 is 5.41. The first-order valence-corrected chi connectivity index (χ1v) is 6.20. The SMILES string of the molecule is NCC1CN(C(=O)Nc2ccccc2Cl)CCO1. The molecule has 0 aromatic heterocycles. The zero-order valence-electron chi connectivity index (χ0n) is 9.93. The number of rotatable bonds is 2. The second-order valence-corrected chi connectivity index (χ2v) is 4.49. The van der Waals surface area contributed by atoms with Gasteiger partial charge in [-0.05, 0) is 12.1 Å². The average molecular weight is 270 g/mol. The summed E-state index contributed by atoms with van der Waals surface area (Å²) in [6.07, 6.45) is -0.0873. The highest BCUT2D eigenvalue weighted by atomic mass is 35.5. The highest BCUT2D eigenvalue weighted by Crippen LogP contribution is 2.21. The zero-order valence-corrected chi connectivity index (χ0v) is 10.7. The Kier molecular flexibility index (Phi) is 4.41. The van der Waals surface area contributed by atoms with Crippen LogP contribution >= 0.6 is 11.6 Å². The third-order valence-corrected chi connectivity index (χ3v) is 3.13. The monoisotopic (exact) mass is 269 g/mol. The average Bonchev–Trinajstić information content (AvgIpc) is 2.41. The molecule has 0 saturated carbocycles. The topological polar surface area (TPSA) is 67.6 Å². The molecule has 3 N–H and O–H groups in total. The number of morpholine rings is 1. The first kappa shape index (κ1) is 13.1. The van der Waals surface area contributed by atoms with Gasteiger partial charge in [0.05, 0.1) is 23.4 Å². The van der Waals surface area contributed by atoms with Crippen molar-refractivity contribution in [1.82, 2.24) is 4.90 Å². The molecule has 1 aliphatic rings. The van der Waals surface area contributed by atoms with Crippen LogP contribution in [-0.2, 0) is 4.74 Å². The predicted octanol–water partition coefficient (Wildman–Crippen LogP) is 1.53. The molecule has 1 fully saturated rings. The highest BCUT2D eigenvalue weighted by molar-refractivity contribution is 6.33. The molecule has 2 amide bonds. The summed E-state index contributed by atoms with van der Waals surface area (Å²) in [5.41, 5.74) is 6.15. The van der Waals surface area contributed by atoms with Crippen LogP contribution in [0.15, 0.2) is 24.3 Å². The Labute approximate surface area is 111 Å². The van der Waals surface area contributed by atoms with E-state index in [-0.39, 0.29) is 12.1 Å². The van der Waals surface area contributed by atoms with Crippen LogP contribution in [-0.4, -0.2) is 43.3 Å². The van der Waals surface area contributed by atoms with Crippen molar-refractivity contribution in [2.24, 2.45) is 5.73 Å². The summed E-state index contributed by atoms with van der Waals surface area (Å²) >= 11 is 5.99. The van der Waals surface area contributed by atoms with Gasteiger partial charge < -0.3 is 20.7 Å². The lowest BCUT2D eigenvalue weighted by Crippen LogP contribution is -2.49.